The van der Waals surface area contributed by atoms with E-state index in [0.29, 0.717) is 17.2 Å². The van der Waals surface area contributed by atoms with E-state index >= 15 is 0 Å². The number of aliphatic hydroxyl groups is 1. The van der Waals surface area contributed by atoms with Gasteiger partial charge in [-0.3, -0.25) is 4.79 Å². The first-order valence-electron chi connectivity index (χ1n) is 5.80. The van der Waals surface area contributed by atoms with Crippen molar-refractivity contribution in [2.75, 3.05) is 0 Å². The summed E-state index contributed by atoms with van der Waals surface area (Å²) in [5.74, 6) is -0.257. The normalized spacial score (nSPS) is 20.2. The Morgan fingerprint density at radius 3 is 2.71 bits per heavy atom. The number of carbonyl (C=O) groups excluding carboxylic acids is 1. The van der Waals surface area contributed by atoms with Gasteiger partial charge in [0.15, 0.2) is 0 Å². The van der Waals surface area contributed by atoms with Crippen LogP contribution in [0.25, 0.3) is 0 Å². The van der Waals surface area contributed by atoms with E-state index in [0.717, 1.165) is 17.7 Å². The van der Waals surface area contributed by atoms with Gasteiger partial charge in [-0.25, -0.2) is 0 Å². The molecule has 1 amide bonds. The van der Waals surface area contributed by atoms with Gasteiger partial charge in [0, 0.05) is 4.88 Å². The molecule has 1 unspecified atom stereocenters. The van der Waals surface area contributed by atoms with Gasteiger partial charge in [0.25, 0.3) is 5.91 Å². The van der Waals surface area contributed by atoms with E-state index in [1.54, 1.807) is 0 Å². The van der Waals surface area contributed by atoms with Crippen molar-refractivity contribution in [3.05, 3.63) is 21.3 Å². The fourth-order valence-electron chi connectivity index (χ4n) is 2.15. The molecule has 0 radical (unpaired) electrons. The third-order valence-corrected chi connectivity index (χ3v) is 4.64. The second kappa shape index (κ2) is 4.96. The third kappa shape index (κ3) is 2.81. The smallest absolute Gasteiger partial charge is 0.252 e. The zero-order valence-electron chi connectivity index (χ0n) is 9.70. The molecule has 1 saturated carbocycles. The molecule has 0 aromatic carbocycles. The van der Waals surface area contributed by atoms with Crippen molar-refractivity contribution in [3.8, 4) is 0 Å². The third-order valence-electron chi connectivity index (χ3n) is 3.22. The SMILES string of the molecule is CC(NC(=O)C1(O)CCCC1)c1ccc(Cl)s1. The van der Waals surface area contributed by atoms with Crippen LogP contribution in [-0.2, 0) is 4.79 Å². The number of halogens is 1. The first-order chi connectivity index (χ1) is 8.01. The van der Waals surface area contributed by atoms with Gasteiger partial charge in [0.2, 0.25) is 0 Å². The molecule has 0 saturated heterocycles. The molecule has 5 heteroatoms. The lowest BCUT2D eigenvalue weighted by Crippen LogP contribution is -2.45. The second-order valence-corrected chi connectivity index (χ2v) is 6.32. The zero-order chi connectivity index (χ0) is 12.5. The quantitative estimate of drug-likeness (QED) is 0.890. The Bertz CT molecular complexity index is 412. The van der Waals surface area contributed by atoms with Gasteiger partial charge in [-0.05, 0) is 44.7 Å². The van der Waals surface area contributed by atoms with Crippen LogP contribution in [-0.4, -0.2) is 16.6 Å². The van der Waals surface area contributed by atoms with Gasteiger partial charge >= 0.3 is 0 Å². The van der Waals surface area contributed by atoms with E-state index in [9.17, 15) is 9.90 Å². The van der Waals surface area contributed by atoms with E-state index in [1.165, 1.54) is 11.3 Å². The van der Waals surface area contributed by atoms with Crippen molar-refractivity contribution in [3.63, 3.8) is 0 Å². The highest BCUT2D eigenvalue weighted by molar-refractivity contribution is 7.16. The van der Waals surface area contributed by atoms with E-state index in [-0.39, 0.29) is 11.9 Å². The lowest BCUT2D eigenvalue weighted by atomic mass is 10.0. The molecule has 2 N–H and O–H groups in total. The van der Waals surface area contributed by atoms with Crippen LogP contribution in [0.15, 0.2) is 12.1 Å². The number of amides is 1. The monoisotopic (exact) mass is 273 g/mol. The van der Waals surface area contributed by atoms with E-state index in [1.807, 2.05) is 19.1 Å². The van der Waals surface area contributed by atoms with E-state index < -0.39 is 5.60 Å². The molecule has 2 rings (SSSR count). The summed E-state index contributed by atoms with van der Waals surface area (Å²) in [7, 11) is 0. The van der Waals surface area contributed by atoms with Crippen LogP contribution >= 0.6 is 22.9 Å². The van der Waals surface area contributed by atoms with Crippen molar-refractivity contribution in [2.24, 2.45) is 0 Å². The minimum Gasteiger partial charge on any atom is -0.380 e. The van der Waals surface area contributed by atoms with Crippen LogP contribution in [0, 0.1) is 0 Å². The van der Waals surface area contributed by atoms with Crippen molar-refractivity contribution >= 4 is 28.8 Å². The molecule has 1 aliphatic carbocycles. The standard InChI is InChI=1S/C12H16ClNO2S/c1-8(9-4-5-10(13)17-9)14-11(15)12(16)6-2-3-7-12/h4-5,8,16H,2-3,6-7H2,1H3,(H,14,15). The molecular weight excluding hydrogens is 258 g/mol. The highest BCUT2D eigenvalue weighted by Crippen LogP contribution is 2.31. The summed E-state index contributed by atoms with van der Waals surface area (Å²) >= 11 is 7.30. The van der Waals surface area contributed by atoms with Crippen LogP contribution < -0.4 is 5.32 Å². The molecule has 0 spiro atoms. The average molecular weight is 274 g/mol. The Hall–Kier alpha value is -0.580. The van der Waals surface area contributed by atoms with Crippen LogP contribution in [0.5, 0.6) is 0 Å². The minimum absolute atomic E-state index is 0.107. The van der Waals surface area contributed by atoms with Gasteiger partial charge < -0.3 is 10.4 Å². The summed E-state index contributed by atoms with van der Waals surface area (Å²) in [4.78, 5) is 13.0. The first kappa shape index (κ1) is 12.9. The Morgan fingerprint density at radius 2 is 2.18 bits per heavy atom. The number of rotatable bonds is 3. The fourth-order valence-corrected chi connectivity index (χ4v) is 3.21. The lowest BCUT2D eigenvalue weighted by molar-refractivity contribution is -0.139. The number of nitrogens with one attached hydrogen (secondary N) is 1. The number of carbonyl (C=O) groups is 1. The minimum atomic E-state index is -1.16. The van der Waals surface area contributed by atoms with Gasteiger partial charge in [-0.15, -0.1) is 11.3 Å². The summed E-state index contributed by atoms with van der Waals surface area (Å²) in [6.45, 7) is 1.90. The molecule has 0 bridgehead atoms. The summed E-state index contributed by atoms with van der Waals surface area (Å²) in [6, 6.07) is 3.61. The number of hydrogen-bond acceptors (Lipinski definition) is 3. The predicted molar refractivity (Wildman–Crippen MR) is 69.3 cm³/mol. The zero-order valence-corrected chi connectivity index (χ0v) is 11.3. The maximum absolute atomic E-state index is 12.0. The summed E-state index contributed by atoms with van der Waals surface area (Å²) in [5.41, 5.74) is -1.16. The molecular formula is C12H16ClNO2S. The summed E-state index contributed by atoms with van der Waals surface area (Å²) in [5, 5.41) is 13.0. The predicted octanol–water partition coefficient (Wildman–Crippen LogP) is 2.88. The van der Waals surface area contributed by atoms with Gasteiger partial charge in [-0.1, -0.05) is 11.6 Å². The molecule has 1 atom stereocenters. The highest BCUT2D eigenvalue weighted by atomic mass is 35.5. The van der Waals surface area contributed by atoms with Gasteiger partial charge in [-0.2, -0.15) is 0 Å². The first-order valence-corrected chi connectivity index (χ1v) is 6.99. The van der Waals surface area contributed by atoms with Gasteiger partial charge in [0.05, 0.1) is 10.4 Å². The largest absolute Gasteiger partial charge is 0.380 e. The number of hydrogen-bond donors (Lipinski definition) is 2. The molecule has 1 aromatic heterocycles. The molecule has 1 aliphatic rings. The molecule has 0 aliphatic heterocycles. The Kier molecular flexibility index (Phi) is 3.76. The molecule has 17 heavy (non-hydrogen) atoms. The van der Waals surface area contributed by atoms with Crippen LogP contribution in [0.3, 0.4) is 0 Å². The lowest BCUT2D eigenvalue weighted by Gasteiger charge is -2.23. The van der Waals surface area contributed by atoms with Crippen molar-refractivity contribution in [1.29, 1.82) is 0 Å². The molecule has 1 heterocycles. The Morgan fingerprint density at radius 1 is 1.53 bits per heavy atom. The van der Waals surface area contributed by atoms with Crippen molar-refractivity contribution in [2.45, 2.75) is 44.2 Å². The molecule has 94 valence electrons. The van der Waals surface area contributed by atoms with Crippen LogP contribution in [0.1, 0.15) is 43.5 Å². The topological polar surface area (TPSA) is 49.3 Å². The molecule has 3 nitrogen and oxygen atoms in total. The average Bonchev–Trinajstić information content (AvgIpc) is 2.88. The maximum Gasteiger partial charge on any atom is 0.252 e. The van der Waals surface area contributed by atoms with Gasteiger partial charge in [0.1, 0.15) is 5.60 Å². The van der Waals surface area contributed by atoms with E-state index in [4.69, 9.17) is 11.6 Å². The molecule has 1 aromatic rings. The summed E-state index contributed by atoms with van der Waals surface area (Å²) in [6.07, 6.45) is 2.97. The Balaban J connectivity index is 1.99. The van der Waals surface area contributed by atoms with Crippen molar-refractivity contribution in [1.82, 2.24) is 5.32 Å². The van der Waals surface area contributed by atoms with Crippen LogP contribution in [0.2, 0.25) is 4.34 Å². The molecule has 1 fully saturated rings. The fraction of sp³-hybridized carbons (Fsp3) is 0.583. The van der Waals surface area contributed by atoms with Crippen LogP contribution in [0.4, 0.5) is 0 Å². The maximum atomic E-state index is 12.0. The highest BCUT2D eigenvalue weighted by Gasteiger charge is 2.39. The second-order valence-electron chi connectivity index (χ2n) is 4.58. The Labute approximate surface area is 110 Å². The van der Waals surface area contributed by atoms with Crippen molar-refractivity contribution < 1.29 is 9.90 Å². The summed E-state index contributed by atoms with van der Waals surface area (Å²) < 4.78 is 0.709. The number of thiophene rings is 1. The van der Waals surface area contributed by atoms with E-state index in [2.05, 4.69) is 5.32 Å².